The van der Waals surface area contributed by atoms with E-state index < -0.39 is 0 Å². The first-order valence-corrected chi connectivity index (χ1v) is 11.1. The van der Waals surface area contributed by atoms with Crippen molar-refractivity contribution in [3.63, 3.8) is 0 Å². The minimum Gasteiger partial charge on any atom is -0.493 e. The summed E-state index contributed by atoms with van der Waals surface area (Å²) in [5.41, 5.74) is 4.62. The van der Waals surface area contributed by atoms with Gasteiger partial charge >= 0.3 is 0 Å². The summed E-state index contributed by atoms with van der Waals surface area (Å²) < 4.78 is 16.3. The van der Waals surface area contributed by atoms with Crippen LogP contribution in [0.1, 0.15) is 47.1 Å². The van der Waals surface area contributed by atoms with Gasteiger partial charge in [-0.1, -0.05) is 50.2 Å². The van der Waals surface area contributed by atoms with E-state index in [9.17, 15) is 4.79 Å². The number of nitrogens with zero attached hydrogens (tertiary/aromatic N) is 1. The van der Waals surface area contributed by atoms with Crippen molar-refractivity contribution >= 4 is 28.5 Å². The second-order valence-electron chi connectivity index (χ2n) is 8.23. The highest BCUT2D eigenvalue weighted by molar-refractivity contribution is 6.32. The van der Waals surface area contributed by atoms with E-state index in [0.29, 0.717) is 40.1 Å². The molecule has 1 N–H and O–H groups in total. The van der Waals surface area contributed by atoms with Crippen molar-refractivity contribution in [1.82, 2.24) is 9.97 Å². The van der Waals surface area contributed by atoms with E-state index in [4.69, 9.17) is 14.2 Å². The van der Waals surface area contributed by atoms with E-state index >= 15 is 0 Å². The molecule has 0 saturated heterocycles. The number of ether oxygens (including phenoxy) is 3. The molecule has 0 fully saturated rings. The molecule has 174 valence electrons. The van der Waals surface area contributed by atoms with Gasteiger partial charge in [-0.15, -0.1) is 0 Å². The predicted molar refractivity (Wildman–Crippen MR) is 135 cm³/mol. The molecule has 6 nitrogen and oxygen atoms in total. The van der Waals surface area contributed by atoms with Gasteiger partial charge in [0, 0.05) is 5.56 Å². The number of carbonyl (C=O) groups excluding carboxylic acids is 1. The minimum atomic E-state index is -0.216. The number of hydrogen-bond donors (Lipinski definition) is 1. The molecule has 4 aromatic rings. The molecule has 34 heavy (non-hydrogen) atoms. The van der Waals surface area contributed by atoms with E-state index in [-0.39, 0.29) is 5.78 Å². The first kappa shape index (κ1) is 23.1. The van der Waals surface area contributed by atoms with Crippen molar-refractivity contribution in [2.24, 2.45) is 0 Å². The smallest absolute Gasteiger partial charge is 0.203 e. The molecule has 3 aromatic carbocycles. The number of imidazole rings is 1. The first-order chi connectivity index (χ1) is 16.4. The van der Waals surface area contributed by atoms with Crippen LogP contribution in [0.4, 0.5) is 0 Å². The second kappa shape index (κ2) is 9.83. The van der Waals surface area contributed by atoms with Crippen LogP contribution < -0.4 is 14.2 Å². The third kappa shape index (κ3) is 4.53. The Bertz CT molecular complexity index is 1290. The lowest BCUT2D eigenvalue weighted by Crippen LogP contribution is -2.06. The lowest BCUT2D eigenvalue weighted by Gasteiger charge is -2.14. The number of H-pyrrole nitrogens is 1. The highest BCUT2D eigenvalue weighted by Crippen LogP contribution is 2.39. The zero-order chi connectivity index (χ0) is 24.2. The first-order valence-electron chi connectivity index (χ1n) is 11.1. The van der Waals surface area contributed by atoms with Gasteiger partial charge in [-0.2, -0.15) is 0 Å². The zero-order valence-electron chi connectivity index (χ0n) is 20.0. The fraction of sp³-hybridized carbons (Fsp3) is 0.214. The molecule has 0 unspecified atom stereocenters. The molecule has 0 saturated carbocycles. The zero-order valence-corrected chi connectivity index (χ0v) is 20.0. The van der Waals surface area contributed by atoms with Crippen LogP contribution in [-0.4, -0.2) is 37.1 Å². The molecular formula is C28H28N2O4. The molecule has 0 atom stereocenters. The van der Waals surface area contributed by atoms with Crippen molar-refractivity contribution in [3.05, 3.63) is 83.2 Å². The number of ketones is 1. The Kier molecular flexibility index (Phi) is 6.68. The van der Waals surface area contributed by atoms with Crippen molar-refractivity contribution in [1.29, 1.82) is 0 Å². The largest absolute Gasteiger partial charge is 0.493 e. The number of carbonyl (C=O) groups is 1. The molecule has 0 bridgehead atoms. The maximum atomic E-state index is 13.9. The number of para-hydroxylation sites is 2. The van der Waals surface area contributed by atoms with Crippen LogP contribution in [0.25, 0.3) is 22.7 Å². The van der Waals surface area contributed by atoms with Gasteiger partial charge < -0.3 is 19.2 Å². The summed E-state index contributed by atoms with van der Waals surface area (Å²) in [7, 11) is 4.58. The van der Waals surface area contributed by atoms with E-state index in [0.717, 1.165) is 16.6 Å². The number of allylic oxidation sites excluding steroid dienone is 1. The number of aromatic amines is 1. The van der Waals surface area contributed by atoms with Crippen LogP contribution in [0.2, 0.25) is 0 Å². The lowest BCUT2D eigenvalue weighted by atomic mass is 9.97. The van der Waals surface area contributed by atoms with E-state index in [1.807, 2.05) is 42.5 Å². The van der Waals surface area contributed by atoms with Gasteiger partial charge in [-0.3, -0.25) is 4.79 Å². The average Bonchev–Trinajstić information content (AvgIpc) is 3.30. The van der Waals surface area contributed by atoms with Gasteiger partial charge in [0.1, 0.15) is 5.82 Å². The standard InChI is InChI=1S/C28H28N2O4/c1-17(2)19-12-10-18(11-13-19)14-21(28-29-22-8-6-7-9-23(22)30-28)26(31)20-15-24(32-3)27(34-5)25(16-20)33-4/h6-17H,1-5H3,(H,29,30)/b21-14-. The van der Waals surface area contributed by atoms with Crippen molar-refractivity contribution < 1.29 is 19.0 Å². The van der Waals surface area contributed by atoms with Gasteiger partial charge in [-0.25, -0.2) is 4.98 Å². The number of benzene rings is 3. The molecular weight excluding hydrogens is 428 g/mol. The van der Waals surface area contributed by atoms with Gasteiger partial charge in [-0.05, 0) is 47.4 Å². The van der Waals surface area contributed by atoms with Crippen molar-refractivity contribution in [2.75, 3.05) is 21.3 Å². The Morgan fingerprint density at radius 1 is 0.912 bits per heavy atom. The molecule has 0 aliphatic rings. The molecule has 0 radical (unpaired) electrons. The number of methoxy groups -OCH3 is 3. The quantitative estimate of drug-likeness (QED) is 0.255. The number of nitrogens with one attached hydrogen (secondary N) is 1. The maximum Gasteiger partial charge on any atom is 0.203 e. The normalized spacial score (nSPS) is 11.6. The Labute approximate surface area is 199 Å². The minimum absolute atomic E-state index is 0.216. The summed E-state index contributed by atoms with van der Waals surface area (Å²) in [5.74, 6) is 1.96. The summed E-state index contributed by atoms with van der Waals surface area (Å²) in [6.45, 7) is 4.30. The van der Waals surface area contributed by atoms with Gasteiger partial charge in [0.05, 0.1) is 37.9 Å². The number of fused-ring (bicyclic) bond motifs is 1. The van der Waals surface area contributed by atoms with E-state index in [1.54, 1.807) is 12.1 Å². The Hall–Kier alpha value is -4.06. The summed E-state index contributed by atoms with van der Waals surface area (Å²) in [4.78, 5) is 21.8. The van der Waals surface area contributed by atoms with Crippen LogP contribution in [0.15, 0.2) is 60.7 Å². The Morgan fingerprint density at radius 3 is 2.12 bits per heavy atom. The molecule has 0 spiro atoms. The van der Waals surface area contributed by atoms with Crippen LogP contribution in [-0.2, 0) is 0 Å². The van der Waals surface area contributed by atoms with Gasteiger partial charge in [0.2, 0.25) is 5.75 Å². The van der Waals surface area contributed by atoms with Gasteiger partial charge in [0.15, 0.2) is 17.3 Å². The topological polar surface area (TPSA) is 73.4 Å². The molecule has 6 heteroatoms. The van der Waals surface area contributed by atoms with Gasteiger partial charge in [0.25, 0.3) is 0 Å². The highest BCUT2D eigenvalue weighted by Gasteiger charge is 2.22. The molecule has 0 amide bonds. The summed E-state index contributed by atoms with van der Waals surface area (Å²) in [6, 6.07) is 19.2. The number of Topliss-reactive ketones (excluding diaryl/α,β-unsaturated/α-hetero) is 1. The SMILES string of the molecule is COc1cc(C(=O)/C(=C/c2ccc(C(C)C)cc2)c2nc3ccccc3[nH]2)cc(OC)c1OC. The van der Waals surface area contributed by atoms with Crippen molar-refractivity contribution in [3.8, 4) is 17.2 Å². The molecule has 4 rings (SSSR count). The summed E-state index contributed by atoms with van der Waals surface area (Å²) in [5, 5.41) is 0. The highest BCUT2D eigenvalue weighted by atomic mass is 16.5. The molecule has 1 aromatic heterocycles. The molecule has 0 aliphatic heterocycles. The third-order valence-corrected chi connectivity index (χ3v) is 5.73. The fourth-order valence-corrected chi connectivity index (χ4v) is 3.83. The third-order valence-electron chi connectivity index (χ3n) is 5.73. The van der Waals surface area contributed by atoms with Crippen LogP contribution in [0.5, 0.6) is 17.2 Å². The predicted octanol–water partition coefficient (Wildman–Crippen LogP) is 6.14. The summed E-state index contributed by atoms with van der Waals surface area (Å²) in [6.07, 6.45) is 1.85. The van der Waals surface area contributed by atoms with E-state index in [2.05, 4.69) is 35.9 Å². The molecule has 0 aliphatic carbocycles. The maximum absolute atomic E-state index is 13.9. The summed E-state index contributed by atoms with van der Waals surface area (Å²) >= 11 is 0. The number of rotatable bonds is 8. The average molecular weight is 457 g/mol. The monoisotopic (exact) mass is 456 g/mol. The second-order valence-corrected chi connectivity index (χ2v) is 8.23. The lowest BCUT2D eigenvalue weighted by molar-refractivity contribution is 0.105. The van der Waals surface area contributed by atoms with Crippen LogP contribution in [0.3, 0.4) is 0 Å². The van der Waals surface area contributed by atoms with Crippen molar-refractivity contribution in [2.45, 2.75) is 19.8 Å². The Morgan fingerprint density at radius 2 is 1.56 bits per heavy atom. The van der Waals surface area contributed by atoms with E-state index in [1.165, 1.54) is 26.9 Å². The number of aromatic nitrogens is 2. The van der Waals surface area contributed by atoms with Crippen LogP contribution in [0, 0.1) is 0 Å². The van der Waals surface area contributed by atoms with Crippen LogP contribution >= 0.6 is 0 Å². The fourth-order valence-electron chi connectivity index (χ4n) is 3.83. The number of hydrogen-bond acceptors (Lipinski definition) is 5. The Balaban J connectivity index is 1.86. The molecule has 1 heterocycles.